The first-order chi connectivity index (χ1) is 9.95. The molecule has 0 spiro atoms. The minimum atomic E-state index is -3.16. The van der Waals surface area contributed by atoms with Gasteiger partial charge in [0.05, 0.1) is 11.8 Å². The van der Waals surface area contributed by atoms with Crippen LogP contribution < -0.4 is 5.73 Å². The van der Waals surface area contributed by atoms with E-state index in [0.29, 0.717) is 39.4 Å². The highest BCUT2D eigenvalue weighted by atomic mass is 35.5. The summed E-state index contributed by atoms with van der Waals surface area (Å²) in [6.07, 6.45) is 1.63. The van der Waals surface area contributed by atoms with E-state index in [-0.39, 0.29) is 30.0 Å². The molecule has 0 aromatic rings. The number of ether oxygens (including phenoxy) is 1. The summed E-state index contributed by atoms with van der Waals surface area (Å²) in [7, 11) is -3.16. The van der Waals surface area contributed by atoms with Gasteiger partial charge in [-0.05, 0) is 25.7 Å². The van der Waals surface area contributed by atoms with E-state index in [9.17, 15) is 13.2 Å². The van der Waals surface area contributed by atoms with Crippen LogP contribution in [0.3, 0.4) is 0 Å². The zero-order valence-electron chi connectivity index (χ0n) is 12.9. The average molecular weight is 356 g/mol. The van der Waals surface area contributed by atoms with E-state index in [1.54, 1.807) is 11.8 Å². The van der Waals surface area contributed by atoms with Crippen molar-refractivity contribution >= 4 is 28.3 Å². The van der Waals surface area contributed by atoms with E-state index in [4.69, 9.17) is 10.5 Å². The number of carbonyl (C=O) groups excluding carboxylic acids is 1. The van der Waals surface area contributed by atoms with E-state index in [1.165, 1.54) is 4.31 Å². The molecule has 0 bridgehead atoms. The molecule has 7 nitrogen and oxygen atoms in total. The van der Waals surface area contributed by atoms with Gasteiger partial charge >= 0.3 is 0 Å². The minimum absolute atomic E-state index is 0. The van der Waals surface area contributed by atoms with Gasteiger partial charge in [-0.3, -0.25) is 4.79 Å². The predicted molar refractivity (Wildman–Crippen MR) is 86.4 cm³/mol. The number of nitrogens with two attached hydrogens (primary N) is 1. The fraction of sp³-hybridized carbons (Fsp3) is 0.923. The van der Waals surface area contributed by atoms with Crippen LogP contribution in [0.25, 0.3) is 0 Å². The molecule has 0 radical (unpaired) electrons. The molecule has 0 aromatic carbocycles. The molecule has 2 aliphatic heterocycles. The monoisotopic (exact) mass is 355 g/mol. The van der Waals surface area contributed by atoms with Crippen LogP contribution in [-0.2, 0) is 19.6 Å². The number of hydrogen-bond donors (Lipinski definition) is 1. The molecule has 2 N–H and O–H groups in total. The van der Waals surface area contributed by atoms with Gasteiger partial charge in [-0.2, -0.15) is 4.31 Å². The average Bonchev–Trinajstić information content (AvgIpc) is 2.54. The van der Waals surface area contributed by atoms with Crippen molar-refractivity contribution in [1.29, 1.82) is 0 Å². The SMILES string of the molecule is CCS(=O)(=O)N1CCN(C(=O)C(N)C2CCOCC2)CC1.Cl. The highest BCUT2D eigenvalue weighted by Gasteiger charge is 2.33. The van der Waals surface area contributed by atoms with Crippen molar-refractivity contribution in [3.05, 3.63) is 0 Å². The Kier molecular flexibility index (Phi) is 7.54. The molecule has 2 aliphatic rings. The molecular formula is C13H26ClN3O4S. The van der Waals surface area contributed by atoms with Crippen LogP contribution >= 0.6 is 12.4 Å². The quantitative estimate of drug-likeness (QED) is 0.744. The van der Waals surface area contributed by atoms with Crippen LogP contribution in [-0.4, -0.2) is 74.7 Å². The highest BCUT2D eigenvalue weighted by molar-refractivity contribution is 7.89. The van der Waals surface area contributed by atoms with E-state index in [0.717, 1.165) is 12.8 Å². The number of hydrogen-bond acceptors (Lipinski definition) is 5. The summed E-state index contributed by atoms with van der Waals surface area (Å²) < 4.78 is 30.3. The summed E-state index contributed by atoms with van der Waals surface area (Å²) >= 11 is 0. The van der Waals surface area contributed by atoms with E-state index in [1.807, 2.05) is 0 Å². The Labute approximate surface area is 138 Å². The molecular weight excluding hydrogens is 330 g/mol. The molecule has 1 unspecified atom stereocenters. The van der Waals surface area contributed by atoms with Crippen LogP contribution in [0, 0.1) is 5.92 Å². The first-order valence-electron chi connectivity index (χ1n) is 7.55. The molecule has 22 heavy (non-hydrogen) atoms. The largest absolute Gasteiger partial charge is 0.381 e. The molecule has 2 heterocycles. The van der Waals surface area contributed by atoms with Crippen molar-refractivity contribution in [2.75, 3.05) is 45.1 Å². The van der Waals surface area contributed by atoms with Crippen molar-refractivity contribution < 1.29 is 17.9 Å². The molecule has 9 heteroatoms. The molecule has 2 rings (SSSR count). The zero-order valence-corrected chi connectivity index (χ0v) is 14.6. The van der Waals surface area contributed by atoms with Gasteiger partial charge in [0.2, 0.25) is 15.9 Å². The van der Waals surface area contributed by atoms with Crippen molar-refractivity contribution in [1.82, 2.24) is 9.21 Å². The maximum Gasteiger partial charge on any atom is 0.239 e. The van der Waals surface area contributed by atoms with Crippen molar-refractivity contribution in [3.63, 3.8) is 0 Å². The van der Waals surface area contributed by atoms with Gasteiger partial charge in [-0.1, -0.05) is 0 Å². The number of nitrogens with zero attached hydrogens (tertiary/aromatic N) is 2. The molecule has 0 aliphatic carbocycles. The van der Waals surface area contributed by atoms with Gasteiger partial charge in [-0.15, -0.1) is 12.4 Å². The summed E-state index contributed by atoms with van der Waals surface area (Å²) in [5.74, 6) is 0.210. The Morgan fingerprint density at radius 1 is 1.23 bits per heavy atom. The van der Waals surface area contributed by atoms with Crippen LogP contribution in [0.5, 0.6) is 0 Å². The number of carbonyl (C=O) groups is 1. The molecule has 130 valence electrons. The summed E-state index contributed by atoms with van der Waals surface area (Å²) in [6, 6.07) is -0.497. The lowest BCUT2D eigenvalue weighted by Gasteiger charge is -2.37. The van der Waals surface area contributed by atoms with Crippen LogP contribution in [0.1, 0.15) is 19.8 Å². The first-order valence-corrected chi connectivity index (χ1v) is 9.16. The smallest absolute Gasteiger partial charge is 0.239 e. The maximum atomic E-state index is 12.4. The Morgan fingerprint density at radius 2 is 1.77 bits per heavy atom. The molecule has 1 amide bonds. The van der Waals surface area contributed by atoms with Gasteiger partial charge in [0.15, 0.2) is 0 Å². The minimum Gasteiger partial charge on any atom is -0.381 e. The number of amides is 1. The zero-order chi connectivity index (χ0) is 15.5. The van der Waals surface area contributed by atoms with Crippen molar-refractivity contribution in [2.24, 2.45) is 11.7 Å². The Morgan fingerprint density at radius 3 is 2.27 bits per heavy atom. The van der Waals surface area contributed by atoms with Crippen LogP contribution in [0.2, 0.25) is 0 Å². The number of rotatable bonds is 4. The fourth-order valence-electron chi connectivity index (χ4n) is 2.86. The van der Waals surface area contributed by atoms with E-state index < -0.39 is 16.1 Å². The van der Waals surface area contributed by atoms with Crippen LogP contribution in [0.15, 0.2) is 0 Å². The third kappa shape index (κ3) is 4.55. The summed E-state index contributed by atoms with van der Waals surface area (Å²) in [5.41, 5.74) is 6.09. The standard InChI is InChI=1S/C13H25N3O4S.ClH/c1-2-21(18,19)16-7-5-15(6-8-16)13(17)12(14)11-3-9-20-10-4-11;/h11-12H,2-10,14H2,1H3;1H. The predicted octanol–water partition coefficient (Wildman–Crippen LogP) is -0.344. The summed E-state index contributed by atoms with van der Waals surface area (Å²) in [5, 5.41) is 0. The lowest BCUT2D eigenvalue weighted by Crippen LogP contribution is -2.56. The molecule has 0 saturated carbocycles. The van der Waals surface area contributed by atoms with E-state index >= 15 is 0 Å². The fourth-order valence-corrected chi connectivity index (χ4v) is 3.94. The molecule has 0 aromatic heterocycles. The molecule has 2 saturated heterocycles. The summed E-state index contributed by atoms with van der Waals surface area (Å²) in [6.45, 7) is 4.53. The number of halogens is 1. The lowest BCUT2D eigenvalue weighted by atomic mass is 9.91. The lowest BCUT2D eigenvalue weighted by molar-refractivity contribution is -0.135. The Bertz CT molecular complexity index is 460. The van der Waals surface area contributed by atoms with Gasteiger partial charge < -0.3 is 15.4 Å². The molecule has 2 fully saturated rings. The number of piperazine rings is 1. The normalized spacial score (nSPS) is 22.9. The first kappa shape index (κ1) is 19.6. The van der Waals surface area contributed by atoms with Crippen molar-refractivity contribution in [3.8, 4) is 0 Å². The van der Waals surface area contributed by atoms with Gasteiger partial charge in [-0.25, -0.2) is 8.42 Å². The van der Waals surface area contributed by atoms with E-state index in [2.05, 4.69) is 0 Å². The maximum absolute atomic E-state index is 12.4. The summed E-state index contributed by atoms with van der Waals surface area (Å²) in [4.78, 5) is 14.1. The Balaban J connectivity index is 0.00000242. The van der Waals surface area contributed by atoms with Gasteiger partial charge in [0, 0.05) is 39.4 Å². The van der Waals surface area contributed by atoms with Crippen LogP contribution in [0.4, 0.5) is 0 Å². The molecule has 1 atom stereocenters. The van der Waals surface area contributed by atoms with Crippen molar-refractivity contribution in [2.45, 2.75) is 25.8 Å². The Hall–Kier alpha value is -0.410. The number of sulfonamides is 1. The second kappa shape index (κ2) is 8.44. The second-order valence-electron chi connectivity index (χ2n) is 5.60. The third-order valence-corrected chi connectivity index (χ3v) is 6.25. The van der Waals surface area contributed by atoms with Gasteiger partial charge in [0.1, 0.15) is 0 Å². The topological polar surface area (TPSA) is 92.9 Å². The second-order valence-corrected chi connectivity index (χ2v) is 7.86. The third-order valence-electron chi connectivity index (χ3n) is 4.37. The highest BCUT2D eigenvalue weighted by Crippen LogP contribution is 2.19. The van der Waals surface area contributed by atoms with Gasteiger partial charge in [0.25, 0.3) is 0 Å².